The Morgan fingerprint density at radius 3 is 2.67 bits per heavy atom. The Hall–Kier alpha value is -2.81. The van der Waals surface area contributed by atoms with E-state index in [0.717, 1.165) is 5.01 Å². The van der Waals surface area contributed by atoms with Crippen LogP contribution in [-0.4, -0.2) is 36.1 Å². The number of hydrogen-bond acceptors (Lipinski definition) is 7. The number of hydrogen-bond donors (Lipinski definition) is 1. The quantitative estimate of drug-likeness (QED) is 0.509. The number of nitrogens with zero attached hydrogens (tertiary/aromatic N) is 4. The van der Waals surface area contributed by atoms with Crippen molar-refractivity contribution in [3.63, 3.8) is 0 Å². The lowest BCUT2D eigenvalue weighted by Gasteiger charge is -2.12. The number of amides is 1. The summed E-state index contributed by atoms with van der Waals surface area (Å²) in [6.45, 7) is 3.58. The number of aromatic nitrogens is 1. The number of hydrazone groups is 1. The van der Waals surface area contributed by atoms with Gasteiger partial charge in [-0.15, -0.1) is 11.3 Å². The van der Waals surface area contributed by atoms with Gasteiger partial charge < -0.3 is 4.90 Å². The van der Waals surface area contributed by atoms with E-state index >= 15 is 0 Å². The van der Waals surface area contributed by atoms with Crippen molar-refractivity contribution in [3.8, 4) is 0 Å². The molecule has 1 N–H and O–H groups in total. The van der Waals surface area contributed by atoms with Crippen LogP contribution in [0.3, 0.4) is 0 Å². The largest absolute Gasteiger partial charge is 0.372 e. The molecule has 0 aliphatic heterocycles. The van der Waals surface area contributed by atoms with E-state index < -0.39 is 4.92 Å². The Bertz CT molecular complexity index is 813. The summed E-state index contributed by atoms with van der Waals surface area (Å²) in [5.41, 5.74) is 4.05. The maximum absolute atomic E-state index is 12.0. The third-order valence-electron chi connectivity index (χ3n) is 3.17. The third-order valence-corrected chi connectivity index (χ3v) is 4.24. The molecular formula is C15H17N5O3S. The minimum absolute atomic E-state index is 0.0239. The normalized spacial score (nSPS) is 10.8. The van der Waals surface area contributed by atoms with E-state index in [2.05, 4.69) is 15.5 Å². The molecule has 0 saturated carbocycles. The van der Waals surface area contributed by atoms with Gasteiger partial charge in [-0.3, -0.25) is 14.9 Å². The molecule has 0 atom stereocenters. The van der Waals surface area contributed by atoms with E-state index in [-0.39, 0.29) is 11.6 Å². The first-order valence-electron chi connectivity index (χ1n) is 7.02. The van der Waals surface area contributed by atoms with Crippen LogP contribution in [0, 0.1) is 24.0 Å². The minimum Gasteiger partial charge on any atom is -0.372 e. The summed E-state index contributed by atoms with van der Waals surface area (Å²) in [6.07, 6.45) is 1.37. The molecule has 1 heterocycles. The zero-order valence-electron chi connectivity index (χ0n) is 13.7. The number of benzene rings is 1. The fraction of sp³-hybridized carbons (Fsp3) is 0.267. The predicted octanol–water partition coefficient (Wildman–Crippen LogP) is 2.50. The SMILES string of the molecule is Cc1nc(C)c(C(=O)NN=Cc2ccc(N(C)C)c([N+](=O)[O-])c2)s1. The summed E-state index contributed by atoms with van der Waals surface area (Å²) in [4.78, 5) is 29.1. The fourth-order valence-electron chi connectivity index (χ4n) is 2.10. The molecule has 24 heavy (non-hydrogen) atoms. The summed E-state index contributed by atoms with van der Waals surface area (Å²) in [7, 11) is 3.46. The van der Waals surface area contributed by atoms with Crippen LogP contribution in [0.2, 0.25) is 0 Å². The highest BCUT2D eigenvalue weighted by molar-refractivity contribution is 7.13. The molecule has 9 heteroatoms. The number of thiazole rings is 1. The van der Waals surface area contributed by atoms with Crippen LogP contribution >= 0.6 is 11.3 Å². The topological polar surface area (TPSA) is 101 Å². The molecule has 0 spiro atoms. The van der Waals surface area contributed by atoms with Gasteiger partial charge in [0, 0.05) is 25.7 Å². The highest BCUT2D eigenvalue weighted by Crippen LogP contribution is 2.27. The van der Waals surface area contributed by atoms with E-state index in [9.17, 15) is 14.9 Å². The van der Waals surface area contributed by atoms with Gasteiger partial charge >= 0.3 is 0 Å². The van der Waals surface area contributed by atoms with Gasteiger partial charge in [-0.2, -0.15) is 5.10 Å². The zero-order chi connectivity index (χ0) is 17.9. The van der Waals surface area contributed by atoms with Gasteiger partial charge in [0.05, 0.1) is 21.8 Å². The van der Waals surface area contributed by atoms with E-state index in [1.54, 1.807) is 38.1 Å². The van der Waals surface area contributed by atoms with E-state index in [1.807, 2.05) is 6.92 Å². The Kier molecular flexibility index (Phi) is 5.24. The van der Waals surface area contributed by atoms with Crippen molar-refractivity contribution in [1.29, 1.82) is 0 Å². The Balaban J connectivity index is 2.14. The maximum atomic E-state index is 12.0. The maximum Gasteiger partial charge on any atom is 0.293 e. The molecule has 0 saturated heterocycles. The third kappa shape index (κ3) is 3.93. The van der Waals surface area contributed by atoms with Gasteiger partial charge in [-0.05, 0) is 19.9 Å². The fourth-order valence-corrected chi connectivity index (χ4v) is 2.91. The van der Waals surface area contributed by atoms with Crippen LogP contribution in [-0.2, 0) is 0 Å². The number of carbonyl (C=O) groups is 1. The summed E-state index contributed by atoms with van der Waals surface area (Å²) in [6, 6.07) is 4.74. The lowest BCUT2D eigenvalue weighted by molar-refractivity contribution is -0.384. The van der Waals surface area contributed by atoms with Crippen LogP contribution in [0.5, 0.6) is 0 Å². The van der Waals surface area contributed by atoms with E-state index in [4.69, 9.17) is 0 Å². The average molecular weight is 347 g/mol. The van der Waals surface area contributed by atoms with Crippen molar-refractivity contribution in [3.05, 3.63) is 49.5 Å². The minimum atomic E-state index is -0.450. The second kappa shape index (κ2) is 7.18. The second-order valence-corrected chi connectivity index (χ2v) is 6.45. The molecule has 0 aliphatic carbocycles. The predicted molar refractivity (Wildman–Crippen MR) is 94.1 cm³/mol. The smallest absolute Gasteiger partial charge is 0.293 e. The van der Waals surface area contributed by atoms with Gasteiger partial charge in [-0.25, -0.2) is 10.4 Å². The number of anilines is 1. The van der Waals surface area contributed by atoms with Crippen molar-refractivity contribution in [2.45, 2.75) is 13.8 Å². The molecule has 1 amide bonds. The molecule has 0 unspecified atom stereocenters. The first kappa shape index (κ1) is 17.5. The molecule has 0 bridgehead atoms. The molecule has 0 aliphatic rings. The van der Waals surface area contributed by atoms with Crippen molar-refractivity contribution in [2.24, 2.45) is 5.10 Å². The molecule has 0 radical (unpaired) electrons. The monoisotopic (exact) mass is 347 g/mol. The molecule has 0 fully saturated rings. The van der Waals surface area contributed by atoms with Crippen LogP contribution in [0.25, 0.3) is 0 Å². The Morgan fingerprint density at radius 2 is 2.12 bits per heavy atom. The molecule has 126 valence electrons. The summed E-state index contributed by atoms with van der Waals surface area (Å²) < 4.78 is 0. The van der Waals surface area contributed by atoms with Crippen molar-refractivity contribution >= 4 is 34.8 Å². The Labute approximate surface area is 143 Å². The molecule has 1 aromatic carbocycles. The molecule has 1 aromatic heterocycles. The van der Waals surface area contributed by atoms with Crippen molar-refractivity contribution in [1.82, 2.24) is 10.4 Å². The first-order chi connectivity index (χ1) is 11.3. The van der Waals surface area contributed by atoms with Crippen LogP contribution in [0.1, 0.15) is 25.9 Å². The zero-order valence-corrected chi connectivity index (χ0v) is 14.5. The lowest BCUT2D eigenvalue weighted by atomic mass is 10.2. The summed E-state index contributed by atoms with van der Waals surface area (Å²) in [5.74, 6) is -0.353. The summed E-state index contributed by atoms with van der Waals surface area (Å²) >= 11 is 1.29. The van der Waals surface area contributed by atoms with E-state index in [0.29, 0.717) is 21.8 Å². The first-order valence-corrected chi connectivity index (χ1v) is 7.84. The number of aryl methyl sites for hydroxylation is 2. The van der Waals surface area contributed by atoms with Crippen molar-refractivity contribution < 1.29 is 9.72 Å². The number of nitrogens with one attached hydrogen (secondary N) is 1. The van der Waals surface area contributed by atoms with Crippen LogP contribution in [0.4, 0.5) is 11.4 Å². The number of rotatable bonds is 5. The average Bonchev–Trinajstić information content (AvgIpc) is 2.85. The molecule has 2 rings (SSSR count). The van der Waals surface area contributed by atoms with Crippen molar-refractivity contribution in [2.75, 3.05) is 19.0 Å². The number of carbonyl (C=O) groups excluding carboxylic acids is 1. The standard InChI is InChI=1S/C15H17N5O3S/c1-9-14(24-10(2)17-9)15(21)18-16-8-11-5-6-12(19(3)4)13(7-11)20(22)23/h5-8H,1-4H3,(H,18,21). The number of nitro benzene ring substituents is 1. The highest BCUT2D eigenvalue weighted by Gasteiger charge is 2.16. The van der Waals surface area contributed by atoms with Gasteiger partial charge in [0.15, 0.2) is 0 Å². The lowest BCUT2D eigenvalue weighted by Crippen LogP contribution is -2.17. The number of nitro groups is 1. The molecule has 2 aromatic rings. The molecule has 8 nitrogen and oxygen atoms in total. The van der Waals surface area contributed by atoms with Crippen LogP contribution < -0.4 is 10.3 Å². The van der Waals surface area contributed by atoms with E-state index in [1.165, 1.54) is 23.6 Å². The second-order valence-electron chi connectivity index (χ2n) is 5.25. The van der Waals surface area contributed by atoms with Gasteiger partial charge in [-0.1, -0.05) is 6.07 Å². The van der Waals surface area contributed by atoms with Gasteiger partial charge in [0.1, 0.15) is 10.6 Å². The van der Waals surface area contributed by atoms with Gasteiger partial charge in [0.25, 0.3) is 11.6 Å². The molecular weight excluding hydrogens is 330 g/mol. The summed E-state index contributed by atoms with van der Waals surface area (Å²) in [5, 5.41) is 15.8. The van der Waals surface area contributed by atoms with Gasteiger partial charge in [0.2, 0.25) is 0 Å². The highest BCUT2D eigenvalue weighted by atomic mass is 32.1. The Morgan fingerprint density at radius 1 is 1.42 bits per heavy atom. The van der Waals surface area contributed by atoms with Crippen LogP contribution in [0.15, 0.2) is 23.3 Å².